The Hall–Kier alpha value is -2.50. The molecule has 1 amide bonds. The summed E-state index contributed by atoms with van der Waals surface area (Å²) in [7, 11) is 0. The summed E-state index contributed by atoms with van der Waals surface area (Å²) >= 11 is 2.59. The standard InChI is InChI=1S/C17H16N2O4S2/c1-10-3-5-14(25-10)13(20)4-6-15(21)23-11(2)16(22)19-17-12(9-18)7-8-24-17/h3,5,7-8,11H,4,6H2,1-2H3,(H,19,22)/t11-/m1/s1. The molecule has 25 heavy (non-hydrogen) atoms. The molecule has 8 heteroatoms. The summed E-state index contributed by atoms with van der Waals surface area (Å²) in [5, 5.41) is 13.6. The Morgan fingerprint density at radius 1 is 1.28 bits per heavy atom. The molecule has 0 unspecified atom stereocenters. The number of carbonyl (C=O) groups is 3. The fourth-order valence-corrected chi connectivity index (χ4v) is 3.52. The van der Waals surface area contributed by atoms with Gasteiger partial charge in [0.1, 0.15) is 11.1 Å². The lowest BCUT2D eigenvalue weighted by Gasteiger charge is -2.12. The average molecular weight is 376 g/mol. The zero-order valence-corrected chi connectivity index (χ0v) is 15.3. The van der Waals surface area contributed by atoms with Crippen molar-refractivity contribution in [3.63, 3.8) is 0 Å². The summed E-state index contributed by atoms with van der Waals surface area (Å²) in [5.41, 5.74) is 0.355. The van der Waals surface area contributed by atoms with Crippen LogP contribution in [0.5, 0.6) is 0 Å². The van der Waals surface area contributed by atoms with E-state index in [0.717, 1.165) is 4.88 Å². The van der Waals surface area contributed by atoms with E-state index in [9.17, 15) is 14.4 Å². The van der Waals surface area contributed by atoms with Crippen LogP contribution in [0, 0.1) is 18.3 Å². The van der Waals surface area contributed by atoms with E-state index in [1.54, 1.807) is 17.5 Å². The summed E-state index contributed by atoms with van der Waals surface area (Å²) in [6, 6.07) is 7.14. The van der Waals surface area contributed by atoms with Crippen LogP contribution in [0.25, 0.3) is 0 Å². The number of nitriles is 1. The van der Waals surface area contributed by atoms with Crippen molar-refractivity contribution in [3.8, 4) is 6.07 Å². The number of anilines is 1. The Balaban J connectivity index is 1.80. The molecule has 2 rings (SSSR count). The molecule has 0 spiro atoms. The highest BCUT2D eigenvalue weighted by molar-refractivity contribution is 7.14. The number of aryl methyl sites for hydroxylation is 1. The maximum Gasteiger partial charge on any atom is 0.307 e. The SMILES string of the molecule is Cc1ccc(C(=O)CCC(=O)O[C@H](C)C(=O)Nc2sccc2C#N)s1. The van der Waals surface area contributed by atoms with Crippen LogP contribution < -0.4 is 5.32 Å². The van der Waals surface area contributed by atoms with Gasteiger partial charge in [0, 0.05) is 11.3 Å². The van der Waals surface area contributed by atoms with Gasteiger partial charge in [-0.25, -0.2) is 0 Å². The molecule has 0 aliphatic heterocycles. The molecule has 130 valence electrons. The number of hydrogen-bond donors (Lipinski definition) is 1. The van der Waals surface area contributed by atoms with Crippen molar-refractivity contribution < 1.29 is 19.1 Å². The minimum atomic E-state index is -1.01. The molecule has 0 saturated heterocycles. The van der Waals surface area contributed by atoms with Gasteiger partial charge in [0.25, 0.3) is 5.91 Å². The first-order valence-corrected chi connectivity index (χ1v) is 9.18. The van der Waals surface area contributed by atoms with Crippen LogP contribution in [0.3, 0.4) is 0 Å². The summed E-state index contributed by atoms with van der Waals surface area (Å²) in [5.74, 6) is -1.26. The normalized spacial score (nSPS) is 11.4. The second kappa shape index (κ2) is 8.55. The summed E-state index contributed by atoms with van der Waals surface area (Å²) < 4.78 is 5.05. The lowest BCUT2D eigenvalue weighted by atomic mass is 10.2. The largest absolute Gasteiger partial charge is 0.453 e. The Bertz CT molecular complexity index is 832. The van der Waals surface area contributed by atoms with E-state index in [0.29, 0.717) is 15.4 Å². The number of nitrogens with one attached hydrogen (secondary N) is 1. The number of nitrogens with zero attached hydrogens (tertiary/aromatic N) is 1. The molecule has 0 saturated carbocycles. The molecule has 2 aromatic heterocycles. The van der Waals surface area contributed by atoms with Gasteiger partial charge in [0.2, 0.25) is 0 Å². The van der Waals surface area contributed by atoms with Gasteiger partial charge < -0.3 is 10.1 Å². The number of rotatable bonds is 7. The molecular formula is C17H16N2O4S2. The van der Waals surface area contributed by atoms with Gasteiger partial charge in [0.15, 0.2) is 11.9 Å². The Morgan fingerprint density at radius 3 is 2.68 bits per heavy atom. The lowest BCUT2D eigenvalue weighted by molar-refractivity contribution is -0.153. The summed E-state index contributed by atoms with van der Waals surface area (Å²) in [6.07, 6.45) is -1.06. The zero-order chi connectivity index (χ0) is 18.4. The zero-order valence-electron chi connectivity index (χ0n) is 13.7. The quantitative estimate of drug-likeness (QED) is 0.589. The number of hydrogen-bond acceptors (Lipinski definition) is 7. The Morgan fingerprint density at radius 2 is 2.04 bits per heavy atom. The maximum absolute atomic E-state index is 12.0. The van der Waals surface area contributed by atoms with E-state index in [4.69, 9.17) is 10.00 Å². The second-order valence-corrected chi connectivity index (χ2v) is 7.43. The van der Waals surface area contributed by atoms with E-state index in [1.807, 2.05) is 19.1 Å². The molecule has 2 heterocycles. The molecule has 1 N–H and O–H groups in total. The highest BCUT2D eigenvalue weighted by Crippen LogP contribution is 2.22. The number of carbonyl (C=O) groups excluding carboxylic acids is 3. The number of ether oxygens (including phenoxy) is 1. The van der Waals surface area contributed by atoms with Gasteiger partial charge in [-0.15, -0.1) is 22.7 Å². The van der Waals surface area contributed by atoms with Gasteiger partial charge in [0.05, 0.1) is 16.9 Å². The fraction of sp³-hybridized carbons (Fsp3) is 0.294. The Labute approximate surface area is 153 Å². The molecule has 2 aromatic rings. The van der Waals surface area contributed by atoms with E-state index < -0.39 is 18.0 Å². The van der Waals surface area contributed by atoms with Crippen molar-refractivity contribution in [2.24, 2.45) is 0 Å². The molecule has 0 radical (unpaired) electrons. The number of amides is 1. The number of esters is 1. The van der Waals surface area contributed by atoms with Gasteiger partial charge >= 0.3 is 5.97 Å². The van der Waals surface area contributed by atoms with Crippen molar-refractivity contribution in [3.05, 3.63) is 38.9 Å². The third kappa shape index (κ3) is 5.24. The highest BCUT2D eigenvalue weighted by atomic mass is 32.1. The van der Waals surface area contributed by atoms with Crippen LogP contribution in [-0.4, -0.2) is 23.8 Å². The van der Waals surface area contributed by atoms with Gasteiger partial charge in [-0.05, 0) is 37.4 Å². The van der Waals surface area contributed by atoms with Crippen molar-refractivity contribution in [2.75, 3.05) is 5.32 Å². The minimum Gasteiger partial charge on any atom is -0.453 e. The first kappa shape index (κ1) is 18.8. The van der Waals surface area contributed by atoms with Crippen molar-refractivity contribution in [1.29, 1.82) is 5.26 Å². The van der Waals surface area contributed by atoms with Crippen LogP contribution in [0.1, 0.15) is 39.9 Å². The van der Waals surface area contributed by atoms with Crippen LogP contribution in [0.4, 0.5) is 5.00 Å². The third-order valence-electron chi connectivity index (χ3n) is 3.27. The molecule has 0 aliphatic carbocycles. The van der Waals surface area contributed by atoms with Crippen molar-refractivity contribution >= 4 is 45.3 Å². The van der Waals surface area contributed by atoms with E-state index in [-0.39, 0.29) is 18.6 Å². The predicted octanol–water partition coefficient (Wildman–Crippen LogP) is 3.52. The third-order valence-corrected chi connectivity index (χ3v) is 5.14. The van der Waals surface area contributed by atoms with Crippen LogP contribution >= 0.6 is 22.7 Å². The molecule has 6 nitrogen and oxygen atoms in total. The van der Waals surface area contributed by atoms with E-state index in [2.05, 4.69) is 5.32 Å². The van der Waals surface area contributed by atoms with Gasteiger partial charge in [-0.1, -0.05) is 0 Å². The molecule has 0 fully saturated rings. The lowest BCUT2D eigenvalue weighted by Crippen LogP contribution is -2.30. The number of ketones is 1. The van der Waals surface area contributed by atoms with E-state index >= 15 is 0 Å². The number of thiophene rings is 2. The minimum absolute atomic E-state index is 0.0383. The monoisotopic (exact) mass is 376 g/mol. The molecule has 0 aromatic carbocycles. The number of Topliss-reactive ketones (excluding diaryl/α,β-unsaturated/α-hetero) is 1. The van der Waals surface area contributed by atoms with Crippen molar-refractivity contribution in [2.45, 2.75) is 32.8 Å². The topological polar surface area (TPSA) is 96.3 Å². The first-order chi connectivity index (χ1) is 11.9. The van der Waals surface area contributed by atoms with Crippen LogP contribution in [0.15, 0.2) is 23.6 Å². The van der Waals surface area contributed by atoms with Crippen molar-refractivity contribution in [1.82, 2.24) is 0 Å². The molecular weight excluding hydrogens is 360 g/mol. The van der Waals surface area contributed by atoms with Crippen LogP contribution in [0.2, 0.25) is 0 Å². The molecule has 0 aliphatic rings. The first-order valence-electron chi connectivity index (χ1n) is 7.48. The summed E-state index contributed by atoms with van der Waals surface area (Å²) in [6.45, 7) is 3.35. The maximum atomic E-state index is 12.0. The molecule has 0 bridgehead atoms. The summed E-state index contributed by atoms with van der Waals surface area (Å²) in [4.78, 5) is 37.4. The highest BCUT2D eigenvalue weighted by Gasteiger charge is 2.20. The second-order valence-electron chi connectivity index (χ2n) is 5.23. The van der Waals surface area contributed by atoms with Gasteiger partial charge in [-0.3, -0.25) is 14.4 Å². The van der Waals surface area contributed by atoms with Gasteiger partial charge in [-0.2, -0.15) is 5.26 Å². The fourth-order valence-electron chi connectivity index (χ4n) is 1.94. The smallest absolute Gasteiger partial charge is 0.307 e. The van der Waals surface area contributed by atoms with Crippen LogP contribution in [-0.2, 0) is 14.3 Å². The van der Waals surface area contributed by atoms with E-state index in [1.165, 1.54) is 29.6 Å². The predicted molar refractivity (Wildman–Crippen MR) is 95.8 cm³/mol. The average Bonchev–Trinajstić information content (AvgIpc) is 3.21. The Kier molecular flexibility index (Phi) is 6.44. The molecule has 1 atom stereocenters.